The van der Waals surface area contributed by atoms with Crippen molar-refractivity contribution in [3.63, 3.8) is 0 Å². The topological polar surface area (TPSA) is 81.7 Å². The van der Waals surface area contributed by atoms with Crippen molar-refractivity contribution in [1.29, 1.82) is 0 Å². The second-order valence-electron chi connectivity index (χ2n) is 6.56. The van der Waals surface area contributed by atoms with Gasteiger partial charge in [0.1, 0.15) is 11.0 Å². The molecule has 1 aromatic carbocycles. The fourth-order valence-corrected chi connectivity index (χ4v) is 3.62. The van der Waals surface area contributed by atoms with Crippen LogP contribution in [0.4, 0.5) is 0 Å². The second kappa shape index (κ2) is 6.34. The van der Waals surface area contributed by atoms with Crippen LogP contribution in [0.2, 0.25) is 0 Å². The fraction of sp³-hybridized carbons (Fsp3) is 0.263. The second-order valence-corrected chi connectivity index (χ2v) is 6.56. The molecule has 5 rings (SSSR count). The molecule has 1 aliphatic rings. The Balaban J connectivity index is 1.37. The molecule has 7 nitrogen and oxygen atoms in total. The third-order valence-electron chi connectivity index (χ3n) is 4.92. The van der Waals surface area contributed by atoms with Gasteiger partial charge in [0.15, 0.2) is 5.82 Å². The van der Waals surface area contributed by atoms with Crippen LogP contribution in [0.15, 0.2) is 53.4 Å². The molecular weight excluding hydrogens is 328 g/mol. The van der Waals surface area contributed by atoms with E-state index >= 15 is 0 Å². The summed E-state index contributed by atoms with van der Waals surface area (Å²) in [5, 5.41) is 16.0. The maximum atomic E-state index is 4.77. The number of pyridine rings is 1. The molecule has 7 heteroatoms. The molecule has 0 fully saturated rings. The molecule has 1 atom stereocenters. The van der Waals surface area contributed by atoms with E-state index in [9.17, 15) is 0 Å². The first-order valence-corrected chi connectivity index (χ1v) is 8.81. The van der Waals surface area contributed by atoms with Gasteiger partial charge in [-0.05, 0) is 59.4 Å². The predicted molar refractivity (Wildman–Crippen MR) is 95.7 cm³/mol. The Labute approximate surface area is 150 Å². The van der Waals surface area contributed by atoms with Crippen LogP contribution in [-0.2, 0) is 13.0 Å². The number of hydrogen-bond donors (Lipinski definition) is 1. The number of benzene rings is 1. The van der Waals surface area contributed by atoms with Crippen LogP contribution in [0.5, 0.6) is 0 Å². The van der Waals surface area contributed by atoms with E-state index in [1.165, 1.54) is 11.3 Å². The lowest BCUT2D eigenvalue weighted by molar-refractivity contribution is 0.315. The molecule has 0 unspecified atom stereocenters. The molecule has 0 radical (unpaired) electrons. The monoisotopic (exact) mass is 346 g/mol. The lowest BCUT2D eigenvalue weighted by Gasteiger charge is -2.24. The van der Waals surface area contributed by atoms with Gasteiger partial charge in [0.05, 0.1) is 11.9 Å². The Morgan fingerprint density at radius 1 is 1.15 bits per heavy atom. The third-order valence-corrected chi connectivity index (χ3v) is 4.92. The van der Waals surface area contributed by atoms with Gasteiger partial charge in [0.25, 0.3) is 0 Å². The third kappa shape index (κ3) is 2.66. The molecule has 1 N–H and O–H groups in total. The fourth-order valence-electron chi connectivity index (χ4n) is 3.62. The van der Waals surface area contributed by atoms with E-state index < -0.39 is 0 Å². The summed E-state index contributed by atoms with van der Waals surface area (Å²) in [5.41, 5.74) is 5.26. The Kier molecular flexibility index (Phi) is 3.71. The van der Waals surface area contributed by atoms with Crippen molar-refractivity contribution < 1.29 is 4.63 Å². The Hall–Kier alpha value is -3.06. The van der Waals surface area contributed by atoms with Crippen molar-refractivity contribution in [2.24, 2.45) is 0 Å². The molecule has 130 valence electrons. The first-order valence-electron chi connectivity index (χ1n) is 8.81. The first-order chi connectivity index (χ1) is 12.9. The van der Waals surface area contributed by atoms with Gasteiger partial charge >= 0.3 is 0 Å². The van der Waals surface area contributed by atoms with Crippen LogP contribution in [0, 0.1) is 0 Å². The minimum Gasteiger partial charge on any atom is -0.306 e. The lowest BCUT2D eigenvalue weighted by Crippen LogP contribution is -2.25. The Morgan fingerprint density at radius 3 is 3.04 bits per heavy atom. The summed E-state index contributed by atoms with van der Waals surface area (Å²) in [6, 6.07) is 12.2. The SMILES string of the molecule is c1ccc(-n2ncc3c2CCC[C@@H]3NCc2ccc3nonc3c2)nc1. The van der Waals surface area contributed by atoms with Gasteiger partial charge in [-0.1, -0.05) is 12.1 Å². The van der Waals surface area contributed by atoms with E-state index in [4.69, 9.17) is 4.63 Å². The average Bonchev–Trinajstić information content (AvgIpc) is 3.33. The highest BCUT2D eigenvalue weighted by atomic mass is 16.6. The van der Waals surface area contributed by atoms with E-state index in [-0.39, 0.29) is 0 Å². The Bertz CT molecular complexity index is 1040. The average molecular weight is 346 g/mol. The zero-order valence-electron chi connectivity index (χ0n) is 14.2. The number of nitrogens with one attached hydrogen (secondary N) is 1. The number of rotatable bonds is 4. The molecule has 0 bridgehead atoms. The quantitative estimate of drug-likeness (QED) is 0.612. The van der Waals surface area contributed by atoms with Crippen LogP contribution >= 0.6 is 0 Å². The number of fused-ring (bicyclic) bond motifs is 2. The van der Waals surface area contributed by atoms with Crippen LogP contribution < -0.4 is 5.32 Å². The summed E-state index contributed by atoms with van der Waals surface area (Å²) >= 11 is 0. The van der Waals surface area contributed by atoms with Gasteiger partial charge in [0, 0.05) is 24.3 Å². The van der Waals surface area contributed by atoms with Crippen molar-refractivity contribution in [3.05, 3.63) is 65.6 Å². The van der Waals surface area contributed by atoms with Crippen LogP contribution in [0.3, 0.4) is 0 Å². The number of aromatic nitrogens is 5. The highest BCUT2D eigenvalue weighted by Crippen LogP contribution is 2.31. The van der Waals surface area contributed by atoms with Crippen molar-refractivity contribution in [2.45, 2.75) is 31.8 Å². The van der Waals surface area contributed by atoms with E-state index in [0.717, 1.165) is 48.2 Å². The number of nitrogens with zero attached hydrogens (tertiary/aromatic N) is 5. The van der Waals surface area contributed by atoms with Gasteiger partial charge < -0.3 is 5.32 Å². The lowest BCUT2D eigenvalue weighted by atomic mass is 9.92. The molecule has 26 heavy (non-hydrogen) atoms. The molecule has 0 saturated heterocycles. The Morgan fingerprint density at radius 2 is 2.12 bits per heavy atom. The molecule has 0 aliphatic heterocycles. The van der Waals surface area contributed by atoms with Gasteiger partial charge in [-0.15, -0.1) is 0 Å². The molecule has 0 saturated carbocycles. The van der Waals surface area contributed by atoms with Crippen LogP contribution in [-0.4, -0.2) is 25.1 Å². The summed E-state index contributed by atoms with van der Waals surface area (Å²) < 4.78 is 6.74. The highest BCUT2D eigenvalue weighted by Gasteiger charge is 2.24. The zero-order chi connectivity index (χ0) is 17.3. The first kappa shape index (κ1) is 15.2. The highest BCUT2D eigenvalue weighted by molar-refractivity contribution is 5.73. The van der Waals surface area contributed by atoms with E-state index in [1.54, 1.807) is 6.20 Å². The van der Waals surface area contributed by atoms with Gasteiger partial charge in [0.2, 0.25) is 0 Å². The standard InChI is InChI=1S/C19H18N6O/c1-2-9-20-19(6-1)25-18-5-3-4-15(14(18)12-22-25)21-11-13-7-8-16-17(10-13)24-26-23-16/h1-2,6-10,12,15,21H,3-5,11H2/t15-/m0/s1. The molecule has 3 heterocycles. The van der Waals surface area contributed by atoms with Crippen LogP contribution in [0.25, 0.3) is 16.9 Å². The van der Waals surface area contributed by atoms with Crippen molar-refractivity contribution in [3.8, 4) is 5.82 Å². The molecule has 0 amide bonds. The van der Waals surface area contributed by atoms with Crippen molar-refractivity contribution >= 4 is 11.0 Å². The van der Waals surface area contributed by atoms with E-state index in [0.29, 0.717) is 6.04 Å². The summed E-state index contributed by atoms with van der Waals surface area (Å²) in [7, 11) is 0. The van der Waals surface area contributed by atoms with Gasteiger partial charge in [-0.25, -0.2) is 14.3 Å². The molecule has 0 spiro atoms. The van der Waals surface area contributed by atoms with E-state index in [2.05, 4.69) is 31.8 Å². The maximum Gasteiger partial charge on any atom is 0.153 e. The minimum absolute atomic E-state index is 0.294. The summed E-state index contributed by atoms with van der Waals surface area (Å²) in [5.74, 6) is 0.874. The van der Waals surface area contributed by atoms with Crippen LogP contribution in [0.1, 0.15) is 35.7 Å². The molecular formula is C19H18N6O. The summed E-state index contributed by atoms with van der Waals surface area (Å²) in [6.45, 7) is 0.766. The van der Waals surface area contributed by atoms with Crippen molar-refractivity contribution in [1.82, 2.24) is 30.4 Å². The van der Waals surface area contributed by atoms with Crippen molar-refractivity contribution in [2.75, 3.05) is 0 Å². The summed E-state index contributed by atoms with van der Waals surface area (Å²) in [4.78, 5) is 4.43. The van der Waals surface area contributed by atoms with Gasteiger partial charge in [-0.2, -0.15) is 5.10 Å². The largest absolute Gasteiger partial charge is 0.306 e. The predicted octanol–water partition coefficient (Wildman–Crippen LogP) is 2.97. The molecule has 3 aromatic heterocycles. The molecule has 1 aliphatic carbocycles. The number of hydrogen-bond acceptors (Lipinski definition) is 6. The minimum atomic E-state index is 0.294. The van der Waals surface area contributed by atoms with E-state index in [1.807, 2.05) is 41.2 Å². The smallest absolute Gasteiger partial charge is 0.153 e. The summed E-state index contributed by atoms with van der Waals surface area (Å²) in [6.07, 6.45) is 7.05. The normalized spacial score (nSPS) is 16.7. The zero-order valence-corrected chi connectivity index (χ0v) is 14.2. The molecule has 4 aromatic rings. The maximum absolute atomic E-state index is 4.77. The van der Waals surface area contributed by atoms with Gasteiger partial charge in [-0.3, -0.25) is 0 Å².